The number of benzene rings is 2. The number of fused-ring (bicyclic) bond motifs is 3. The van der Waals surface area contributed by atoms with Gasteiger partial charge in [-0.05, 0) is 29.8 Å². The van der Waals surface area contributed by atoms with Crippen LogP contribution < -0.4 is 5.32 Å². The Morgan fingerprint density at radius 2 is 2.00 bits per heavy atom. The Morgan fingerprint density at radius 3 is 2.83 bits per heavy atom. The summed E-state index contributed by atoms with van der Waals surface area (Å²) in [5.74, 6) is -0.434. The molecule has 0 aliphatic carbocycles. The molecule has 24 heavy (non-hydrogen) atoms. The van der Waals surface area contributed by atoms with E-state index in [4.69, 9.17) is 4.74 Å². The molecule has 0 fully saturated rings. The summed E-state index contributed by atoms with van der Waals surface area (Å²) in [5.41, 5.74) is 5.54. The van der Waals surface area contributed by atoms with Crippen molar-refractivity contribution in [3.05, 3.63) is 69.5 Å². The molecule has 0 bridgehead atoms. The summed E-state index contributed by atoms with van der Waals surface area (Å²) >= 11 is 3.47. The van der Waals surface area contributed by atoms with Gasteiger partial charge in [0.1, 0.15) is 6.61 Å². The van der Waals surface area contributed by atoms with E-state index in [-0.39, 0.29) is 11.9 Å². The topological polar surface area (TPSA) is 67.0 Å². The fourth-order valence-corrected chi connectivity index (χ4v) is 3.82. The number of H-pyrrole nitrogens is 1. The molecule has 1 atom stereocenters. The van der Waals surface area contributed by atoms with Crippen LogP contribution in [0.5, 0.6) is 0 Å². The zero-order chi connectivity index (χ0) is 16.3. The fraction of sp³-hybridized carbons (Fsp3) is 0.111. The quantitative estimate of drug-likeness (QED) is 0.630. The molecule has 3 heterocycles. The number of rotatable bonds is 1. The number of nitrogens with one attached hydrogen (secondary N) is 2. The summed E-state index contributed by atoms with van der Waals surface area (Å²) in [5, 5.41) is 11.6. The summed E-state index contributed by atoms with van der Waals surface area (Å²) in [6.07, 6.45) is 1.80. The van der Waals surface area contributed by atoms with Gasteiger partial charge in [-0.15, -0.1) is 0 Å². The predicted octanol–water partition coefficient (Wildman–Crippen LogP) is 3.69. The lowest BCUT2D eigenvalue weighted by Crippen LogP contribution is -2.20. The van der Waals surface area contributed by atoms with Crippen LogP contribution in [-0.4, -0.2) is 22.8 Å². The Labute approximate surface area is 145 Å². The van der Waals surface area contributed by atoms with Gasteiger partial charge >= 0.3 is 5.97 Å². The number of cyclic esters (lactones) is 1. The Hall–Kier alpha value is -2.60. The van der Waals surface area contributed by atoms with Gasteiger partial charge < -0.3 is 10.1 Å². The number of anilines is 1. The van der Waals surface area contributed by atoms with Crippen LogP contribution in [-0.2, 0) is 9.53 Å². The maximum absolute atomic E-state index is 12.4. The molecule has 2 aliphatic rings. The van der Waals surface area contributed by atoms with Crippen molar-refractivity contribution in [2.75, 3.05) is 11.9 Å². The van der Waals surface area contributed by atoms with Crippen LogP contribution >= 0.6 is 15.9 Å². The third kappa shape index (κ3) is 1.86. The Balaban J connectivity index is 1.82. The summed E-state index contributed by atoms with van der Waals surface area (Å²) in [6, 6.07) is 12.1. The highest BCUT2D eigenvalue weighted by molar-refractivity contribution is 9.10. The third-order valence-electron chi connectivity index (χ3n) is 4.62. The van der Waals surface area contributed by atoms with E-state index in [1.165, 1.54) is 0 Å². The first-order valence-electron chi connectivity index (χ1n) is 7.61. The number of aromatic nitrogens is 2. The van der Waals surface area contributed by atoms with Crippen LogP contribution in [0.4, 0.5) is 5.69 Å². The van der Waals surface area contributed by atoms with E-state index in [1.807, 2.05) is 36.4 Å². The second-order valence-corrected chi connectivity index (χ2v) is 6.85. The van der Waals surface area contributed by atoms with E-state index in [1.54, 1.807) is 6.20 Å². The minimum Gasteiger partial charge on any atom is -0.456 e. The summed E-state index contributed by atoms with van der Waals surface area (Å²) in [7, 11) is 0. The van der Waals surface area contributed by atoms with E-state index in [9.17, 15) is 4.79 Å². The first-order valence-corrected chi connectivity index (χ1v) is 8.40. The second-order valence-electron chi connectivity index (χ2n) is 5.94. The third-order valence-corrected chi connectivity index (χ3v) is 5.15. The molecule has 0 amide bonds. The number of carbonyl (C=O) groups is 1. The second kappa shape index (κ2) is 4.95. The zero-order valence-electron chi connectivity index (χ0n) is 12.5. The lowest BCUT2D eigenvalue weighted by atomic mass is 9.80. The first-order chi connectivity index (χ1) is 11.7. The van der Waals surface area contributed by atoms with Crippen LogP contribution in [0.3, 0.4) is 0 Å². The van der Waals surface area contributed by atoms with Gasteiger partial charge in [-0.3, -0.25) is 5.10 Å². The van der Waals surface area contributed by atoms with E-state index in [0.29, 0.717) is 12.2 Å². The van der Waals surface area contributed by atoms with Crippen molar-refractivity contribution >= 4 is 38.5 Å². The zero-order valence-corrected chi connectivity index (χ0v) is 14.1. The molecule has 118 valence electrons. The molecular formula is C18H12BrN3O2. The smallest absolute Gasteiger partial charge is 0.337 e. The molecule has 2 N–H and O–H groups in total. The summed E-state index contributed by atoms with van der Waals surface area (Å²) in [6.45, 7) is 0.293. The van der Waals surface area contributed by atoms with Crippen molar-refractivity contribution < 1.29 is 9.53 Å². The van der Waals surface area contributed by atoms with Crippen LogP contribution in [0.2, 0.25) is 0 Å². The van der Waals surface area contributed by atoms with Crippen molar-refractivity contribution in [3.63, 3.8) is 0 Å². The summed E-state index contributed by atoms with van der Waals surface area (Å²) in [4.78, 5) is 12.4. The average Bonchev–Trinajstić information content (AvgIpc) is 3.21. The Morgan fingerprint density at radius 1 is 1.17 bits per heavy atom. The van der Waals surface area contributed by atoms with Gasteiger partial charge in [0.15, 0.2) is 0 Å². The highest BCUT2D eigenvalue weighted by Crippen LogP contribution is 2.46. The number of ether oxygens (including phenoxy) is 1. The van der Waals surface area contributed by atoms with Crippen molar-refractivity contribution in [2.45, 2.75) is 5.92 Å². The molecule has 1 aromatic heterocycles. The predicted molar refractivity (Wildman–Crippen MR) is 93.7 cm³/mol. The lowest BCUT2D eigenvalue weighted by Gasteiger charge is -2.27. The van der Waals surface area contributed by atoms with Crippen molar-refractivity contribution in [1.29, 1.82) is 0 Å². The number of hydrogen-bond acceptors (Lipinski definition) is 4. The Kier molecular flexibility index (Phi) is 2.84. The number of hydrogen-bond donors (Lipinski definition) is 2. The van der Waals surface area contributed by atoms with Gasteiger partial charge in [-0.1, -0.05) is 28.1 Å². The number of esters is 1. The van der Waals surface area contributed by atoms with E-state index < -0.39 is 0 Å². The van der Waals surface area contributed by atoms with Gasteiger partial charge in [-0.2, -0.15) is 5.10 Å². The highest BCUT2D eigenvalue weighted by atomic mass is 79.9. The molecule has 2 aromatic carbocycles. The van der Waals surface area contributed by atoms with Crippen LogP contribution in [0.1, 0.15) is 17.0 Å². The minimum absolute atomic E-state index is 0.177. The molecule has 5 nitrogen and oxygen atoms in total. The average molecular weight is 382 g/mol. The highest BCUT2D eigenvalue weighted by Gasteiger charge is 2.39. The molecular weight excluding hydrogens is 370 g/mol. The van der Waals surface area contributed by atoms with E-state index in [0.717, 1.165) is 37.9 Å². The van der Waals surface area contributed by atoms with Crippen LogP contribution in [0.15, 0.2) is 58.3 Å². The van der Waals surface area contributed by atoms with Gasteiger partial charge in [0.05, 0.1) is 23.0 Å². The molecule has 5 rings (SSSR count). The van der Waals surface area contributed by atoms with E-state index >= 15 is 0 Å². The van der Waals surface area contributed by atoms with Gasteiger partial charge in [0.2, 0.25) is 0 Å². The van der Waals surface area contributed by atoms with Crippen molar-refractivity contribution in [3.8, 4) is 0 Å². The van der Waals surface area contributed by atoms with Crippen LogP contribution in [0, 0.1) is 0 Å². The van der Waals surface area contributed by atoms with Crippen LogP contribution in [0.25, 0.3) is 10.9 Å². The van der Waals surface area contributed by atoms with Crippen molar-refractivity contribution in [2.24, 2.45) is 0 Å². The molecule has 0 saturated carbocycles. The summed E-state index contributed by atoms with van der Waals surface area (Å²) < 4.78 is 6.29. The van der Waals surface area contributed by atoms with Gasteiger partial charge in [0, 0.05) is 27.0 Å². The maximum atomic E-state index is 12.4. The van der Waals surface area contributed by atoms with Crippen molar-refractivity contribution in [1.82, 2.24) is 10.2 Å². The van der Waals surface area contributed by atoms with Gasteiger partial charge in [-0.25, -0.2) is 4.79 Å². The molecule has 1 unspecified atom stereocenters. The monoisotopic (exact) mass is 381 g/mol. The first kappa shape index (κ1) is 13.8. The SMILES string of the molecule is O=C1OCC2=C1C(c1ccc(Br)cc1)c1c(ccc3cn[nH]c13)N2. The maximum Gasteiger partial charge on any atom is 0.337 e. The number of nitrogens with zero attached hydrogens (tertiary/aromatic N) is 1. The lowest BCUT2D eigenvalue weighted by molar-refractivity contribution is -0.136. The van der Waals surface area contributed by atoms with E-state index in [2.05, 4.69) is 31.4 Å². The Bertz CT molecular complexity index is 1020. The standard InChI is InChI=1S/C18H12BrN3O2/c19-11-4-1-9(2-5-11)14-15-12(6-3-10-7-20-22-17(10)15)21-13-8-24-18(23)16(13)14/h1-7,14,21H,8H2,(H,20,22). The minimum atomic E-state index is -0.257. The molecule has 0 radical (unpaired) electrons. The van der Waals surface area contributed by atoms with Gasteiger partial charge in [0.25, 0.3) is 0 Å². The number of carbonyl (C=O) groups excluding carboxylic acids is 1. The fourth-order valence-electron chi connectivity index (χ4n) is 3.55. The normalized spacial score (nSPS) is 19.0. The molecule has 0 saturated heterocycles. The molecule has 0 spiro atoms. The number of halogens is 1. The molecule has 3 aromatic rings. The molecule has 6 heteroatoms. The molecule has 2 aliphatic heterocycles. The number of aromatic amines is 1. The largest absolute Gasteiger partial charge is 0.456 e.